The molecule has 0 aromatic heterocycles. The van der Waals surface area contributed by atoms with Gasteiger partial charge in [-0.2, -0.15) is 0 Å². The van der Waals surface area contributed by atoms with E-state index in [1.54, 1.807) is 13.0 Å². The minimum absolute atomic E-state index is 0.311. The van der Waals surface area contributed by atoms with Gasteiger partial charge in [-0.25, -0.2) is 9.18 Å². The first-order valence-corrected chi connectivity index (χ1v) is 6.16. The molecule has 0 aliphatic rings. The fraction of sp³-hybridized carbons (Fsp3) is 0.400. The van der Waals surface area contributed by atoms with Crippen molar-refractivity contribution in [3.63, 3.8) is 0 Å². The van der Waals surface area contributed by atoms with Crippen molar-refractivity contribution in [2.24, 2.45) is 5.92 Å². The molecule has 1 aromatic rings. The van der Waals surface area contributed by atoms with Gasteiger partial charge in [-0.15, -0.1) is 0 Å². The molecule has 0 fully saturated rings. The van der Waals surface area contributed by atoms with Gasteiger partial charge in [-0.05, 0) is 37.0 Å². The molecule has 1 rings (SSSR count). The summed E-state index contributed by atoms with van der Waals surface area (Å²) in [4.78, 5) is 11.1. The number of benzene rings is 1. The highest BCUT2D eigenvalue weighted by Crippen LogP contribution is 2.15. The Bertz CT molecular complexity index is 436. The van der Waals surface area contributed by atoms with Gasteiger partial charge in [-0.1, -0.05) is 26.0 Å². The zero-order valence-corrected chi connectivity index (χ0v) is 11.1. The average Bonchev–Trinajstić information content (AvgIpc) is 2.27. The molecule has 3 heteroatoms. The molecule has 0 atom stereocenters. The summed E-state index contributed by atoms with van der Waals surface area (Å²) in [5.74, 6) is -0.276. The quantitative estimate of drug-likeness (QED) is 0.589. The summed E-state index contributed by atoms with van der Waals surface area (Å²) in [6.45, 7) is 6.23. The van der Waals surface area contributed by atoms with E-state index < -0.39 is 5.97 Å². The van der Waals surface area contributed by atoms with Crippen LogP contribution in [0.15, 0.2) is 24.3 Å². The second kappa shape index (κ2) is 6.94. The second-order valence-electron chi connectivity index (χ2n) is 4.54. The third-order valence-corrected chi connectivity index (χ3v) is 2.39. The number of carbonyl (C=O) groups excluding carboxylic acids is 1. The van der Waals surface area contributed by atoms with E-state index in [-0.39, 0.29) is 5.82 Å². The van der Waals surface area contributed by atoms with Crippen molar-refractivity contribution in [3.8, 4) is 0 Å². The lowest BCUT2D eigenvalue weighted by Gasteiger charge is -2.06. The van der Waals surface area contributed by atoms with Crippen molar-refractivity contribution >= 4 is 12.0 Å². The van der Waals surface area contributed by atoms with Gasteiger partial charge < -0.3 is 4.74 Å². The molecule has 0 bridgehead atoms. The first-order valence-electron chi connectivity index (χ1n) is 6.16. The molecule has 0 N–H and O–H groups in total. The second-order valence-corrected chi connectivity index (χ2v) is 4.54. The van der Waals surface area contributed by atoms with E-state index in [2.05, 4.69) is 13.8 Å². The Morgan fingerprint density at radius 3 is 2.72 bits per heavy atom. The summed E-state index contributed by atoms with van der Waals surface area (Å²) in [6, 6.07) is 5.08. The lowest BCUT2D eigenvalue weighted by Crippen LogP contribution is -1.99. The van der Waals surface area contributed by atoms with Gasteiger partial charge in [-0.3, -0.25) is 0 Å². The van der Waals surface area contributed by atoms with Crippen LogP contribution in [0.25, 0.3) is 6.08 Å². The van der Waals surface area contributed by atoms with Gasteiger partial charge >= 0.3 is 5.97 Å². The molecule has 0 unspecified atom stereocenters. The molecule has 0 heterocycles. The molecule has 0 saturated heterocycles. The maximum Gasteiger partial charge on any atom is 0.330 e. The number of hydrogen-bond donors (Lipinski definition) is 0. The van der Waals surface area contributed by atoms with Crippen molar-refractivity contribution in [1.82, 2.24) is 0 Å². The Balaban J connectivity index is 2.76. The summed E-state index contributed by atoms with van der Waals surface area (Å²) in [5.41, 5.74) is 1.37. The highest BCUT2D eigenvalue weighted by atomic mass is 19.1. The Morgan fingerprint density at radius 1 is 1.44 bits per heavy atom. The van der Waals surface area contributed by atoms with E-state index in [0.717, 1.165) is 12.0 Å². The molecule has 0 radical (unpaired) electrons. The Labute approximate surface area is 107 Å². The smallest absolute Gasteiger partial charge is 0.330 e. The molecular formula is C15H19FO2. The number of esters is 1. The minimum atomic E-state index is -0.455. The molecule has 0 aliphatic heterocycles. The largest absolute Gasteiger partial charge is 0.463 e. The summed E-state index contributed by atoms with van der Waals surface area (Å²) in [7, 11) is 0. The zero-order valence-electron chi connectivity index (χ0n) is 11.1. The fourth-order valence-corrected chi connectivity index (χ4v) is 1.65. The van der Waals surface area contributed by atoms with E-state index in [1.165, 1.54) is 18.2 Å². The van der Waals surface area contributed by atoms with Crippen molar-refractivity contribution < 1.29 is 13.9 Å². The Morgan fingerprint density at radius 2 is 2.17 bits per heavy atom. The SMILES string of the molecule is CCOC(=O)C=Cc1ccc(CC(C)C)cc1F. The predicted molar refractivity (Wildman–Crippen MR) is 70.6 cm³/mol. The van der Waals surface area contributed by atoms with E-state index in [1.807, 2.05) is 6.07 Å². The molecule has 0 spiro atoms. The van der Waals surface area contributed by atoms with Gasteiger partial charge in [0.25, 0.3) is 0 Å². The lowest BCUT2D eigenvalue weighted by molar-refractivity contribution is -0.137. The number of carbonyl (C=O) groups is 1. The van der Waals surface area contributed by atoms with Crippen LogP contribution < -0.4 is 0 Å². The van der Waals surface area contributed by atoms with Crippen molar-refractivity contribution in [2.75, 3.05) is 6.61 Å². The molecule has 0 amide bonds. The molecular weight excluding hydrogens is 231 g/mol. The number of hydrogen-bond acceptors (Lipinski definition) is 2. The highest BCUT2D eigenvalue weighted by molar-refractivity contribution is 5.87. The van der Waals surface area contributed by atoms with Crippen LogP contribution in [0.4, 0.5) is 4.39 Å². The van der Waals surface area contributed by atoms with E-state index in [0.29, 0.717) is 18.1 Å². The number of ether oxygens (including phenoxy) is 1. The van der Waals surface area contributed by atoms with Gasteiger partial charge in [0.05, 0.1) is 6.61 Å². The van der Waals surface area contributed by atoms with Gasteiger partial charge in [0, 0.05) is 11.6 Å². The predicted octanol–water partition coefficient (Wildman–Crippen LogP) is 3.60. The Kier molecular flexibility index (Phi) is 5.56. The topological polar surface area (TPSA) is 26.3 Å². The number of halogens is 1. The molecule has 2 nitrogen and oxygen atoms in total. The standard InChI is InChI=1S/C15H19FO2/c1-4-18-15(17)8-7-13-6-5-12(9-11(2)3)10-14(13)16/h5-8,10-11H,4,9H2,1-3H3. The van der Waals surface area contributed by atoms with Gasteiger partial charge in [0.2, 0.25) is 0 Å². The summed E-state index contributed by atoms with van der Waals surface area (Å²) >= 11 is 0. The van der Waals surface area contributed by atoms with Crippen molar-refractivity contribution in [3.05, 3.63) is 41.2 Å². The van der Waals surface area contributed by atoms with Crippen LogP contribution >= 0.6 is 0 Å². The summed E-state index contributed by atoms with van der Waals surface area (Å²) < 4.78 is 18.5. The minimum Gasteiger partial charge on any atom is -0.463 e. The van der Waals surface area contributed by atoms with Gasteiger partial charge in [0.1, 0.15) is 5.82 Å². The van der Waals surface area contributed by atoms with Crippen LogP contribution in [-0.2, 0) is 16.0 Å². The first-order chi connectivity index (χ1) is 8.52. The fourth-order valence-electron chi connectivity index (χ4n) is 1.65. The molecule has 18 heavy (non-hydrogen) atoms. The van der Waals surface area contributed by atoms with E-state index in [9.17, 15) is 9.18 Å². The lowest BCUT2D eigenvalue weighted by atomic mass is 10.0. The number of rotatable bonds is 5. The monoisotopic (exact) mass is 250 g/mol. The van der Waals surface area contributed by atoms with Crippen LogP contribution in [0, 0.1) is 11.7 Å². The molecule has 0 aliphatic carbocycles. The average molecular weight is 250 g/mol. The maximum absolute atomic E-state index is 13.7. The first kappa shape index (κ1) is 14.4. The van der Waals surface area contributed by atoms with E-state index in [4.69, 9.17) is 4.74 Å². The van der Waals surface area contributed by atoms with Crippen LogP contribution in [0.2, 0.25) is 0 Å². The third kappa shape index (κ3) is 4.70. The maximum atomic E-state index is 13.7. The van der Waals surface area contributed by atoms with Crippen molar-refractivity contribution in [1.29, 1.82) is 0 Å². The van der Waals surface area contributed by atoms with Crippen molar-refractivity contribution in [2.45, 2.75) is 27.2 Å². The van der Waals surface area contributed by atoms with Gasteiger partial charge in [0.15, 0.2) is 0 Å². The molecule has 1 aromatic carbocycles. The van der Waals surface area contributed by atoms with Crippen LogP contribution in [-0.4, -0.2) is 12.6 Å². The van der Waals surface area contributed by atoms with Crippen LogP contribution in [0.1, 0.15) is 31.9 Å². The molecule has 0 saturated carbocycles. The van der Waals surface area contributed by atoms with Crippen LogP contribution in [0.3, 0.4) is 0 Å². The normalized spacial score (nSPS) is 11.2. The molecule has 98 valence electrons. The summed E-state index contributed by atoms with van der Waals surface area (Å²) in [5, 5.41) is 0. The zero-order chi connectivity index (χ0) is 13.5. The highest BCUT2D eigenvalue weighted by Gasteiger charge is 2.03. The van der Waals surface area contributed by atoms with Crippen LogP contribution in [0.5, 0.6) is 0 Å². The van der Waals surface area contributed by atoms with E-state index >= 15 is 0 Å². The summed E-state index contributed by atoms with van der Waals surface area (Å²) in [6.07, 6.45) is 3.52. The third-order valence-electron chi connectivity index (χ3n) is 2.39. The Hall–Kier alpha value is -1.64.